The molecule has 0 fully saturated rings. The van der Waals surface area contributed by atoms with Crippen molar-refractivity contribution in [1.29, 1.82) is 0 Å². The van der Waals surface area contributed by atoms with Crippen LogP contribution in [0.2, 0.25) is 0 Å². The van der Waals surface area contributed by atoms with E-state index < -0.39 is 7.26 Å². The largest absolute Gasteiger partial charge is 1.00 e. The van der Waals surface area contributed by atoms with Gasteiger partial charge < -0.3 is 12.4 Å². The highest BCUT2D eigenvalue weighted by Crippen LogP contribution is 2.54. The van der Waals surface area contributed by atoms with Gasteiger partial charge >= 0.3 is 0 Å². The second-order valence-corrected chi connectivity index (χ2v) is 11.0. The van der Waals surface area contributed by atoms with E-state index in [1.165, 1.54) is 39.3 Å². The Morgan fingerprint density at radius 1 is 0.682 bits per heavy atom. The molecule has 2 rings (SSSR count). The molecular formula is C20H28ClP. The highest BCUT2D eigenvalue weighted by atomic mass is 35.5. The minimum Gasteiger partial charge on any atom is -1.00 e. The molecule has 0 unspecified atom stereocenters. The minimum atomic E-state index is -1.13. The van der Waals surface area contributed by atoms with Crippen LogP contribution in [0.25, 0.3) is 0 Å². The van der Waals surface area contributed by atoms with Crippen molar-refractivity contribution in [1.82, 2.24) is 0 Å². The molecule has 2 aromatic rings. The van der Waals surface area contributed by atoms with Gasteiger partial charge in [-0.25, -0.2) is 0 Å². The van der Waals surface area contributed by atoms with Crippen LogP contribution in [0, 0.1) is 34.6 Å². The zero-order valence-electron chi connectivity index (χ0n) is 14.9. The van der Waals surface area contributed by atoms with Gasteiger partial charge in [0, 0.05) is 7.26 Å². The summed E-state index contributed by atoms with van der Waals surface area (Å²) in [6.45, 7) is 16.3. The maximum Gasteiger partial charge on any atom is 0.0937 e. The monoisotopic (exact) mass is 334 g/mol. The summed E-state index contributed by atoms with van der Waals surface area (Å²) in [6, 6.07) is 11.0. The van der Waals surface area contributed by atoms with E-state index in [9.17, 15) is 0 Å². The van der Waals surface area contributed by atoms with E-state index in [0.29, 0.717) is 0 Å². The number of hydrogen-bond donors (Lipinski definition) is 0. The average Bonchev–Trinajstić information content (AvgIpc) is 2.48. The smallest absolute Gasteiger partial charge is 0.0937 e. The Labute approximate surface area is 143 Å². The topological polar surface area (TPSA) is 0 Å². The zero-order chi connectivity index (χ0) is 15.8. The normalized spacial score (nSPS) is 11.2. The SMILES string of the molecule is Cc1c(C)c(C)c(C[P+](C)(C)c2ccccc2)c(C)c1C.[Cl-]. The quantitative estimate of drug-likeness (QED) is 0.756. The Morgan fingerprint density at radius 3 is 1.55 bits per heavy atom. The molecule has 0 spiro atoms. The lowest BCUT2D eigenvalue weighted by atomic mass is 9.90. The van der Waals surface area contributed by atoms with Crippen molar-refractivity contribution in [3.8, 4) is 0 Å². The van der Waals surface area contributed by atoms with Crippen LogP contribution >= 0.6 is 7.26 Å². The molecule has 120 valence electrons. The molecule has 0 aliphatic rings. The molecule has 2 aromatic carbocycles. The molecule has 0 radical (unpaired) electrons. The van der Waals surface area contributed by atoms with Crippen LogP contribution < -0.4 is 17.7 Å². The highest BCUT2D eigenvalue weighted by molar-refractivity contribution is 7.80. The van der Waals surface area contributed by atoms with E-state index in [1.807, 2.05) is 0 Å². The van der Waals surface area contributed by atoms with Gasteiger partial charge in [0.1, 0.15) is 0 Å². The fourth-order valence-electron chi connectivity index (χ4n) is 3.13. The Balaban J connectivity index is 0.00000242. The van der Waals surface area contributed by atoms with Gasteiger partial charge in [-0.1, -0.05) is 18.2 Å². The van der Waals surface area contributed by atoms with Gasteiger partial charge in [-0.15, -0.1) is 0 Å². The zero-order valence-corrected chi connectivity index (χ0v) is 16.6. The Bertz CT molecular complexity index is 628. The van der Waals surface area contributed by atoms with E-state index in [2.05, 4.69) is 78.3 Å². The Kier molecular flexibility index (Phi) is 6.25. The molecule has 0 atom stereocenters. The van der Waals surface area contributed by atoms with Gasteiger partial charge in [-0.2, -0.15) is 0 Å². The first-order chi connectivity index (χ1) is 9.75. The molecule has 0 saturated carbocycles. The fourth-order valence-corrected chi connectivity index (χ4v) is 5.56. The van der Waals surface area contributed by atoms with Crippen molar-refractivity contribution >= 4 is 12.6 Å². The van der Waals surface area contributed by atoms with Crippen LogP contribution in [0.15, 0.2) is 30.3 Å². The molecule has 0 saturated heterocycles. The van der Waals surface area contributed by atoms with Crippen molar-refractivity contribution in [2.75, 3.05) is 13.3 Å². The number of halogens is 1. The van der Waals surface area contributed by atoms with Crippen LogP contribution in [0.3, 0.4) is 0 Å². The second kappa shape index (κ2) is 7.16. The number of rotatable bonds is 3. The van der Waals surface area contributed by atoms with Crippen LogP contribution in [0.1, 0.15) is 33.4 Å². The highest BCUT2D eigenvalue weighted by Gasteiger charge is 2.30. The molecule has 22 heavy (non-hydrogen) atoms. The van der Waals surface area contributed by atoms with Crippen LogP contribution in [-0.4, -0.2) is 13.3 Å². The van der Waals surface area contributed by atoms with Crippen molar-refractivity contribution in [3.63, 3.8) is 0 Å². The van der Waals surface area contributed by atoms with Crippen LogP contribution in [0.4, 0.5) is 0 Å². The van der Waals surface area contributed by atoms with Crippen molar-refractivity contribution in [2.45, 2.75) is 40.8 Å². The van der Waals surface area contributed by atoms with Gasteiger partial charge in [-0.3, -0.25) is 0 Å². The Morgan fingerprint density at radius 2 is 1.09 bits per heavy atom. The maximum atomic E-state index is 2.46. The van der Waals surface area contributed by atoms with Gasteiger partial charge in [-0.05, 0) is 80.1 Å². The molecule has 0 bridgehead atoms. The predicted molar refractivity (Wildman–Crippen MR) is 98.7 cm³/mol. The fraction of sp³-hybridized carbons (Fsp3) is 0.400. The van der Waals surface area contributed by atoms with Crippen LogP contribution in [-0.2, 0) is 6.16 Å². The minimum absolute atomic E-state index is 0. The third-order valence-electron chi connectivity index (χ3n) is 5.16. The third-order valence-corrected chi connectivity index (χ3v) is 7.97. The van der Waals surface area contributed by atoms with Gasteiger partial charge in [0.2, 0.25) is 0 Å². The summed E-state index contributed by atoms with van der Waals surface area (Å²) < 4.78 is 0. The number of benzene rings is 2. The van der Waals surface area contributed by atoms with Crippen molar-refractivity contribution in [3.05, 3.63) is 63.7 Å². The lowest BCUT2D eigenvalue weighted by Crippen LogP contribution is -3.00. The molecule has 2 heteroatoms. The van der Waals surface area contributed by atoms with Gasteiger partial charge in [0.05, 0.1) is 24.8 Å². The maximum absolute atomic E-state index is 2.46. The number of hydrogen-bond acceptors (Lipinski definition) is 0. The van der Waals surface area contributed by atoms with E-state index in [1.54, 1.807) is 5.56 Å². The van der Waals surface area contributed by atoms with Gasteiger partial charge in [0.15, 0.2) is 0 Å². The van der Waals surface area contributed by atoms with E-state index in [0.717, 1.165) is 0 Å². The van der Waals surface area contributed by atoms with E-state index in [-0.39, 0.29) is 12.4 Å². The van der Waals surface area contributed by atoms with E-state index in [4.69, 9.17) is 0 Å². The van der Waals surface area contributed by atoms with Crippen molar-refractivity contribution in [2.24, 2.45) is 0 Å². The molecule has 0 aliphatic heterocycles. The van der Waals surface area contributed by atoms with E-state index >= 15 is 0 Å². The lowest BCUT2D eigenvalue weighted by molar-refractivity contribution is -0.00000478. The third kappa shape index (κ3) is 3.55. The predicted octanol–water partition coefficient (Wildman–Crippen LogP) is 2.34. The summed E-state index contributed by atoms with van der Waals surface area (Å²) in [4.78, 5) is 0. The molecule has 0 amide bonds. The Hall–Kier alpha value is -0.840. The first kappa shape index (κ1) is 19.2. The molecular weight excluding hydrogens is 307 g/mol. The standard InChI is InChI=1S/C20H28P.ClH/c1-14-15(2)17(4)20(18(5)16(14)3)13-21(6,7)19-11-9-8-10-12-19;/h8-12H,13H2,1-7H3;1H/q+1;/p-1. The molecule has 0 nitrogen and oxygen atoms in total. The summed E-state index contributed by atoms with van der Waals surface area (Å²) in [5, 5.41) is 1.53. The molecule has 0 aliphatic carbocycles. The first-order valence-corrected chi connectivity index (χ1v) is 10.6. The average molecular weight is 335 g/mol. The second-order valence-electron chi connectivity index (χ2n) is 6.78. The summed E-state index contributed by atoms with van der Waals surface area (Å²) in [7, 11) is -1.13. The molecule has 0 aromatic heterocycles. The summed E-state index contributed by atoms with van der Waals surface area (Å²) in [5.74, 6) is 0. The van der Waals surface area contributed by atoms with Crippen molar-refractivity contribution < 1.29 is 12.4 Å². The summed E-state index contributed by atoms with van der Waals surface area (Å²) in [6.07, 6.45) is 1.20. The first-order valence-electron chi connectivity index (χ1n) is 7.70. The molecule has 0 heterocycles. The van der Waals surface area contributed by atoms with Crippen LogP contribution in [0.5, 0.6) is 0 Å². The lowest BCUT2D eigenvalue weighted by Gasteiger charge is -2.23. The summed E-state index contributed by atoms with van der Waals surface area (Å²) in [5.41, 5.74) is 8.99. The summed E-state index contributed by atoms with van der Waals surface area (Å²) >= 11 is 0. The molecule has 0 N–H and O–H groups in total. The van der Waals surface area contributed by atoms with Gasteiger partial charge in [0.25, 0.3) is 0 Å².